The minimum atomic E-state index is -0.164. The summed E-state index contributed by atoms with van der Waals surface area (Å²) in [5, 5.41) is 5.78. The van der Waals surface area contributed by atoms with E-state index >= 15 is 0 Å². The highest BCUT2D eigenvalue weighted by Gasteiger charge is 2.31. The van der Waals surface area contributed by atoms with Gasteiger partial charge in [0.15, 0.2) is 0 Å². The van der Waals surface area contributed by atoms with E-state index in [2.05, 4.69) is 20.5 Å². The first-order valence-corrected chi connectivity index (χ1v) is 10.2. The predicted molar refractivity (Wildman–Crippen MR) is 120 cm³/mol. The Kier molecular flexibility index (Phi) is 12.2. The largest absolute Gasteiger partial charge is 0.381 e. The zero-order valence-electron chi connectivity index (χ0n) is 17.1. The molecule has 8 nitrogen and oxygen atoms in total. The van der Waals surface area contributed by atoms with E-state index in [1.54, 1.807) is 24.5 Å². The molecule has 0 aliphatic carbocycles. The number of hydrogen-bond acceptors (Lipinski definition) is 6. The Morgan fingerprint density at radius 3 is 2.40 bits per heavy atom. The van der Waals surface area contributed by atoms with Gasteiger partial charge >= 0.3 is 0 Å². The van der Waals surface area contributed by atoms with E-state index < -0.39 is 0 Å². The molecule has 1 aromatic rings. The lowest BCUT2D eigenvalue weighted by atomic mass is 10.0. The molecule has 2 aliphatic heterocycles. The molecule has 0 aromatic carbocycles. The summed E-state index contributed by atoms with van der Waals surface area (Å²) in [6, 6.07) is 3.88. The number of aromatic nitrogens is 1. The molecule has 2 aliphatic rings. The van der Waals surface area contributed by atoms with Crippen molar-refractivity contribution < 1.29 is 14.3 Å². The molecule has 2 fully saturated rings. The van der Waals surface area contributed by atoms with Gasteiger partial charge < -0.3 is 21.1 Å². The summed E-state index contributed by atoms with van der Waals surface area (Å²) < 4.78 is 5.46. The van der Waals surface area contributed by atoms with Crippen molar-refractivity contribution in [2.45, 2.75) is 37.8 Å². The molecule has 2 amide bonds. The van der Waals surface area contributed by atoms with E-state index in [0.717, 1.165) is 52.0 Å². The van der Waals surface area contributed by atoms with Crippen molar-refractivity contribution >= 4 is 36.6 Å². The SMILES string of the molecule is Cl.Cl.N[C@H]1CC[C@@H](C(=O)NCCNC(=O)c2ccncc2)CN(C2CCOCC2)C1. The molecule has 0 unspecified atom stereocenters. The summed E-state index contributed by atoms with van der Waals surface area (Å²) >= 11 is 0. The molecule has 0 saturated carbocycles. The van der Waals surface area contributed by atoms with Gasteiger partial charge in [-0.05, 0) is 37.8 Å². The van der Waals surface area contributed by atoms with Gasteiger partial charge in [0, 0.05) is 69.4 Å². The molecule has 2 saturated heterocycles. The molecular weight excluding hydrogens is 429 g/mol. The van der Waals surface area contributed by atoms with Crippen LogP contribution in [0.1, 0.15) is 36.0 Å². The standard InChI is InChI=1S/C20H31N5O3.2ClH/c21-17-2-1-16(13-25(14-17)18-5-11-28-12-6-18)20(27)24-10-9-23-19(26)15-3-7-22-8-4-15;;/h3-4,7-8,16-18H,1-2,5-6,9-14,21H2,(H,23,26)(H,24,27);2*1H/t16-,17+;;/m1../s1. The summed E-state index contributed by atoms with van der Waals surface area (Å²) in [6.07, 6.45) is 6.83. The van der Waals surface area contributed by atoms with Crippen molar-refractivity contribution in [2.24, 2.45) is 11.7 Å². The lowest BCUT2D eigenvalue weighted by molar-refractivity contribution is -0.125. The van der Waals surface area contributed by atoms with Crippen molar-refractivity contribution in [3.8, 4) is 0 Å². The number of halogens is 2. The average molecular weight is 462 g/mol. The second-order valence-electron chi connectivity index (χ2n) is 7.61. The fraction of sp³-hybridized carbons (Fsp3) is 0.650. The van der Waals surface area contributed by atoms with Crippen LogP contribution >= 0.6 is 24.8 Å². The number of carbonyl (C=O) groups excluding carboxylic acids is 2. The second kappa shape index (κ2) is 13.8. The zero-order chi connectivity index (χ0) is 19.8. The smallest absolute Gasteiger partial charge is 0.251 e. The monoisotopic (exact) mass is 461 g/mol. The van der Waals surface area contributed by atoms with Crippen LogP contribution in [0.25, 0.3) is 0 Å². The van der Waals surface area contributed by atoms with Gasteiger partial charge in [0.2, 0.25) is 5.91 Å². The second-order valence-corrected chi connectivity index (χ2v) is 7.61. The van der Waals surface area contributed by atoms with E-state index in [9.17, 15) is 9.59 Å². The van der Waals surface area contributed by atoms with Gasteiger partial charge in [-0.1, -0.05) is 0 Å². The number of ether oxygens (including phenoxy) is 1. The maximum atomic E-state index is 12.7. The van der Waals surface area contributed by atoms with Crippen LogP contribution in [0.2, 0.25) is 0 Å². The summed E-state index contributed by atoms with van der Waals surface area (Å²) in [6.45, 7) is 3.96. The van der Waals surface area contributed by atoms with Crippen molar-refractivity contribution in [1.82, 2.24) is 20.5 Å². The van der Waals surface area contributed by atoms with E-state index in [1.807, 2.05) is 0 Å². The number of nitrogens with zero attached hydrogens (tertiary/aromatic N) is 2. The van der Waals surface area contributed by atoms with Gasteiger partial charge in [0.05, 0.1) is 5.92 Å². The first-order chi connectivity index (χ1) is 13.6. The highest BCUT2D eigenvalue weighted by atomic mass is 35.5. The molecule has 10 heteroatoms. The molecule has 1 aromatic heterocycles. The van der Waals surface area contributed by atoms with Gasteiger partial charge in [-0.15, -0.1) is 24.8 Å². The lowest BCUT2D eigenvalue weighted by Crippen LogP contribution is -2.47. The fourth-order valence-electron chi connectivity index (χ4n) is 3.93. The summed E-state index contributed by atoms with van der Waals surface area (Å²) in [5.41, 5.74) is 6.81. The zero-order valence-corrected chi connectivity index (χ0v) is 18.8. The van der Waals surface area contributed by atoms with Crippen molar-refractivity contribution in [3.63, 3.8) is 0 Å². The number of nitrogens with one attached hydrogen (secondary N) is 2. The number of likely N-dealkylation sites (tertiary alicyclic amines) is 1. The van der Waals surface area contributed by atoms with Crippen molar-refractivity contribution in [1.29, 1.82) is 0 Å². The third kappa shape index (κ3) is 8.00. The maximum absolute atomic E-state index is 12.7. The Balaban J connectivity index is 0.00000225. The first kappa shape index (κ1) is 26.6. The fourth-order valence-corrected chi connectivity index (χ4v) is 3.93. The van der Waals surface area contributed by atoms with Crippen LogP contribution in [-0.2, 0) is 9.53 Å². The van der Waals surface area contributed by atoms with Gasteiger partial charge in [-0.2, -0.15) is 0 Å². The van der Waals surface area contributed by atoms with Gasteiger partial charge in [-0.3, -0.25) is 19.5 Å². The van der Waals surface area contributed by atoms with Gasteiger partial charge in [0.1, 0.15) is 0 Å². The topological polar surface area (TPSA) is 110 Å². The van der Waals surface area contributed by atoms with Crippen LogP contribution in [0.15, 0.2) is 24.5 Å². The third-order valence-electron chi connectivity index (χ3n) is 5.54. The number of carbonyl (C=O) groups is 2. The lowest BCUT2D eigenvalue weighted by Gasteiger charge is -2.35. The Bertz CT molecular complexity index is 647. The Hall–Kier alpha value is -1.45. The highest BCUT2D eigenvalue weighted by Crippen LogP contribution is 2.22. The number of amides is 2. The molecule has 0 bridgehead atoms. The molecule has 3 rings (SSSR count). The van der Waals surface area contributed by atoms with E-state index in [0.29, 0.717) is 24.7 Å². The first-order valence-electron chi connectivity index (χ1n) is 10.2. The van der Waals surface area contributed by atoms with Crippen LogP contribution in [-0.4, -0.2) is 73.2 Å². The molecule has 2 atom stereocenters. The average Bonchev–Trinajstić information content (AvgIpc) is 2.94. The van der Waals surface area contributed by atoms with Crippen LogP contribution in [0.5, 0.6) is 0 Å². The molecule has 4 N–H and O–H groups in total. The Labute approximate surface area is 190 Å². The van der Waals surface area contributed by atoms with Crippen molar-refractivity contribution in [3.05, 3.63) is 30.1 Å². The minimum absolute atomic E-state index is 0. The number of hydrogen-bond donors (Lipinski definition) is 3. The molecular formula is C20H33Cl2N5O3. The van der Waals surface area contributed by atoms with E-state index in [-0.39, 0.29) is 48.6 Å². The quantitative estimate of drug-likeness (QED) is 0.544. The van der Waals surface area contributed by atoms with Crippen LogP contribution < -0.4 is 16.4 Å². The maximum Gasteiger partial charge on any atom is 0.251 e. The van der Waals surface area contributed by atoms with Gasteiger partial charge in [-0.25, -0.2) is 0 Å². The van der Waals surface area contributed by atoms with Crippen LogP contribution in [0, 0.1) is 5.92 Å². The van der Waals surface area contributed by atoms with Crippen molar-refractivity contribution in [2.75, 3.05) is 39.4 Å². The molecule has 3 heterocycles. The molecule has 30 heavy (non-hydrogen) atoms. The predicted octanol–water partition coefficient (Wildman–Crippen LogP) is 0.990. The molecule has 170 valence electrons. The summed E-state index contributed by atoms with van der Waals surface area (Å²) in [4.78, 5) is 31.0. The van der Waals surface area contributed by atoms with Crippen LogP contribution in [0.4, 0.5) is 0 Å². The van der Waals surface area contributed by atoms with E-state index in [4.69, 9.17) is 10.5 Å². The minimum Gasteiger partial charge on any atom is -0.381 e. The molecule has 0 spiro atoms. The summed E-state index contributed by atoms with van der Waals surface area (Å²) in [5.74, 6) is -0.181. The molecule has 0 radical (unpaired) electrons. The van der Waals surface area contributed by atoms with Gasteiger partial charge in [0.25, 0.3) is 5.91 Å². The summed E-state index contributed by atoms with van der Waals surface area (Å²) in [7, 11) is 0. The van der Waals surface area contributed by atoms with E-state index in [1.165, 1.54) is 0 Å². The number of nitrogens with two attached hydrogens (primary N) is 1. The number of rotatable bonds is 6. The Morgan fingerprint density at radius 1 is 1.03 bits per heavy atom. The normalized spacial score (nSPS) is 22.7. The van der Waals surface area contributed by atoms with Crippen LogP contribution in [0.3, 0.4) is 0 Å². The number of pyridine rings is 1. The third-order valence-corrected chi connectivity index (χ3v) is 5.54. The highest BCUT2D eigenvalue weighted by molar-refractivity contribution is 5.94. The Morgan fingerprint density at radius 2 is 1.70 bits per heavy atom.